The van der Waals surface area contributed by atoms with Crippen molar-refractivity contribution in [3.8, 4) is 0 Å². The normalized spacial score (nSPS) is 23.6. The highest BCUT2D eigenvalue weighted by atomic mass is 16.1. The Bertz CT molecular complexity index is 170. The van der Waals surface area contributed by atoms with Gasteiger partial charge in [-0.25, -0.2) is 0 Å². The zero-order chi connectivity index (χ0) is 7.61. The molecule has 2 heteroatoms. The Morgan fingerprint density at radius 3 is 3.00 bits per heavy atom. The van der Waals surface area contributed by atoms with Gasteiger partial charge >= 0.3 is 0 Å². The zero-order valence-corrected chi connectivity index (χ0v) is 6.48. The molecule has 0 saturated carbocycles. The van der Waals surface area contributed by atoms with E-state index >= 15 is 0 Å². The molecule has 0 spiro atoms. The second-order valence-corrected chi connectivity index (χ2v) is 3.36. The summed E-state index contributed by atoms with van der Waals surface area (Å²) in [4.78, 5) is 10.8. The van der Waals surface area contributed by atoms with Crippen molar-refractivity contribution in [1.82, 2.24) is 5.32 Å². The van der Waals surface area contributed by atoms with E-state index in [4.69, 9.17) is 0 Å². The Hall–Kier alpha value is -0.790. The molecule has 0 aliphatic carbocycles. The fourth-order valence-corrected chi connectivity index (χ4v) is 0.951. The van der Waals surface area contributed by atoms with E-state index < -0.39 is 0 Å². The number of nitrogens with one attached hydrogen (secondary N) is 1. The molecule has 0 unspecified atom stereocenters. The fourth-order valence-electron chi connectivity index (χ4n) is 0.951. The molecule has 0 atom stereocenters. The lowest BCUT2D eigenvalue weighted by Gasteiger charge is -2.16. The number of carbonyl (C=O) groups is 1. The summed E-state index contributed by atoms with van der Waals surface area (Å²) in [5.41, 5.74) is 0.180. The first-order chi connectivity index (χ1) is 4.60. The van der Waals surface area contributed by atoms with Crippen LogP contribution < -0.4 is 5.32 Å². The SMILES string of the molecule is CC1(C)C=CC(=O)NCC1. The highest BCUT2D eigenvalue weighted by molar-refractivity contribution is 5.87. The van der Waals surface area contributed by atoms with E-state index in [1.807, 2.05) is 6.08 Å². The Balaban J connectivity index is 2.68. The third-order valence-corrected chi connectivity index (χ3v) is 1.75. The molecule has 10 heavy (non-hydrogen) atoms. The molecule has 0 aromatic rings. The molecule has 1 rings (SSSR count). The first kappa shape index (κ1) is 7.32. The maximum Gasteiger partial charge on any atom is 0.243 e. The molecular formula is C8H13NO. The van der Waals surface area contributed by atoms with Crippen LogP contribution in [0, 0.1) is 5.41 Å². The number of amides is 1. The van der Waals surface area contributed by atoms with Gasteiger partial charge in [-0.2, -0.15) is 0 Å². The molecule has 0 aromatic carbocycles. The summed E-state index contributed by atoms with van der Waals surface area (Å²) in [6.07, 6.45) is 4.61. The summed E-state index contributed by atoms with van der Waals surface area (Å²) in [6, 6.07) is 0. The molecule has 0 saturated heterocycles. The van der Waals surface area contributed by atoms with E-state index in [1.54, 1.807) is 6.08 Å². The quantitative estimate of drug-likeness (QED) is 0.534. The van der Waals surface area contributed by atoms with Gasteiger partial charge in [-0.3, -0.25) is 4.79 Å². The van der Waals surface area contributed by atoms with E-state index in [1.165, 1.54) is 0 Å². The first-order valence-corrected chi connectivity index (χ1v) is 3.57. The summed E-state index contributed by atoms with van der Waals surface area (Å²) < 4.78 is 0. The molecule has 1 aliphatic rings. The van der Waals surface area contributed by atoms with Gasteiger partial charge in [0.2, 0.25) is 5.91 Å². The van der Waals surface area contributed by atoms with Crippen molar-refractivity contribution in [2.45, 2.75) is 20.3 Å². The van der Waals surface area contributed by atoms with Gasteiger partial charge < -0.3 is 5.32 Å². The smallest absolute Gasteiger partial charge is 0.243 e. The van der Waals surface area contributed by atoms with Gasteiger partial charge in [0, 0.05) is 6.54 Å². The van der Waals surface area contributed by atoms with Crippen LogP contribution in [0.1, 0.15) is 20.3 Å². The predicted octanol–water partition coefficient (Wildman–Crippen LogP) is 1.09. The van der Waals surface area contributed by atoms with Gasteiger partial charge in [0.05, 0.1) is 0 Å². The van der Waals surface area contributed by atoms with Crippen LogP contribution in [0.2, 0.25) is 0 Å². The van der Waals surface area contributed by atoms with Gasteiger partial charge in [0.25, 0.3) is 0 Å². The van der Waals surface area contributed by atoms with E-state index in [0.717, 1.165) is 13.0 Å². The van der Waals surface area contributed by atoms with Crippen LogP contribution in [-0.4, -0.2) is 12.5 Å². The molecule has 0 bridgehead atoms. The van der Waals surface area contributed by atoms with Crippen molar-refractivity contribution < 1.29 is 4.79 Å². The maximum absolute atomic E-state index is 10.8. The van der Waals surface area contributed by atoms with Crippen LogP contribution in [0.5, 0.6) is 0 Å². The lowest BCUT2D eigenvalue weighted by Crippen LogP contribution is -2.22. The average Bonchev–Trinajstić information content (AvgIpc) is 1.94. The van der Waals surface area contributed by atoms with Gasteiger partial charge in [0.1, 0.15) is 0 Å². The summed E-state index contributed by atoms with van der Waals surface area (Å²) >= 11 is 0. The van der Waals surface area contributed by atoms with Crippen molar-refractivity contribution in [2.75, 3.05) is 6.54 Å². The second kappa shape index (κ2) is 2.45. The summed E-state index contributed by atoms with van der Waals surface area (Å²) in [5.74, 6) is 0.0329. The summed E-state index contributed by atoms with van der Waals surface area (Å²) in [6.45, 7) is 5.05. The minimum absolute atomic E-state index is 0.0329. The van der Waals surface area contributed by atoms with Crippen LogP contribution in [0.3, 0.4) is 0 Å². The Labute approximate surface area is 61.3 Å². The largest absolute Gasteiger partial charge is 0.353 e. The lowest BCUT2D eigenvalue weighted by molar-refractivity contribution is -0.116. The van der Waals surface area contributed by atoms with E-state index in [0.29, 0.717) is 0 Å². The molecule has 0 fully saturated rings. The second-order valence-electron chi connectivity index (χ2n) is 3.36. The van der Waals surface area contributed by atoms with Gasteiger partial charge in [-0.15, -0.1) is 0 Å². The van der Waals surface area contributed by atoms with Crippen LogP contribution in [0.25, 0.3) is 0 Å². The molecule has 1 N–H and O–H groups in total. The van der Waals surface area contributed by atoms with Crippen molar-refractivity contribution >= 4 is 5.91 Å². The Kier molecular flexibility index (Phi) is 1.79. The molecule has 1 amide bonds. The third-order valence-electron chi connectivity index (χ3n) is 1.75. The third kappa shape index (κ3) is 1.87. The highest BCUT2D eigenvalue weighted by Crippen LogP contribution is 2.22. The van der Waals surface area contributed by atoms with Crippen LogP contribution in [-0.2, 0) is 4.79 Å². The van der Waals surface area contributed by atoms with Crippen LogP contribution in [0.15, 0.2) is 12.2 Å². The average molecular weight is 139 g/mol. The van der Waals surface area contributed by atoms with Crippen molar-refractivity contribution in [3.05, 3.63) is 12.2 Å². The molecule has 0 radical (unpaired) electrons. The molecule has 1 heterocycles. The van der Waals surface area contributed by atoms with Gasteiger partial charge in [-0.05, 0) is 17.9 Å². The topological polar surface area (TPSA) is 29.1 Å². The number of hydrogen-bond acceptors (Lipinski definition) is 1. The van der Waals surface area contributed by atoms with Gasteiger partial charge in [-0.1, -0.05) is 19.9 Å². The maximum atomic E-state index is 10.8. The molecular weight excluding hydrogens is 126 g/mol. The molecule has 56 valence electrons. The minimum atomic E-state index is 0.0329. The summed E-state index contributed by atoms with van der Waals surface area (Å²) in [5, 5.41) is 2.77. The van der Waals surface area contributed by atoms with Crippen LogP contribution >= 0.6 is 0 Å². The molecule has 2 nitrogen and oxygen atoms in total. The first-order valence-electron chi connectivity index (χ1n) is 3.57. The summed E-state index contributed by atoms with van der Waals surface area (Å²) in [7, 11) is 0. The predicted molar refractivity (Wildman–Crippen MR) is 40.5 cm³/mol. The monoisotopic (exact) mass is 139 g/mol. The number of allylic oxidation sites excluding steroid dienone is 1. The van der Waals surface area contributed by atoms with E-state index in [9.17, 15) is 4.79 Å². The van der Waals surface area contributed by atoms with Crippen molar-refractivity contribution in [2.24, 2.45) is 5.41 Å². The Morgan fingerprint density at radius 1 is 1.60 bits per heavy atom. The van der Waals surface area contributed by atoms with Crippen molar-refractivity contribution in [1.29, 1.82) is 0 Å². The molecule has 0 aromatic heterocycles. The highest BCUT2D eigenvalue weighted by Gasteiger charge is 2.16. The fraction of sp³-hybridized carbons (Fsp3) is 0.625. The van der Waals surface area contributed by atoms with Gasteiger partial charge in [0.15, 0.2) is 0 Å². The van der Waals surface area contributed by atoms with Crippen LogP contribution in [0.4, 0.5) is 0 Å². The lowest BCUT2D eigenvalue weighted by atomic mass is 9.90. The minimum Gasteiger partial charge on any atom is -0.353 e. The van der Waals surface area contributed by atoms with Crippen molar-refractivity contribution in [3.63, 3.8) is 0 Å². The molecule has 1 aliphatic heterocycles. The number of carbonyl (C=O) groups excluding carboxylic acids is 1. The zero-order valence-electron chi connectivity index (χ0n) is 6.48. The van der Waals surface area contributed by atoms with E-state index in [-0.39, 0.29) is 11.3 Å². The standard InChI is InChI=1S/C8H13NO/c1-8(2)4-3-7(10)9-6-5-8/h3-4H,5-6H2,1-2H3,(H,9,10). The number of hydrogen-bond donors (Lipinski definition) is 1. The number of rotatable bonds is 0. The Morgan fingerprint density at radius 2 is 2.30 bits per heavy atom. The van der Waals surface area contributed by atoms with E-state index in [2.05, 4.69) is 19.2 Å².